The van der Waals surface area contributed by atoms with E-state index in [1.54, 1.807) is 0 Å². The number of pyridine rings is 1. The zero-order valence-electron chi connectivity index (χ0n) is 22.1. The van der Waals surface area contributed by atoms with Crippen molar-refractivity contribution < 1.29 is 0 Å². The highest BCUT2D eigenvalue weighted by Gasteiger charge is 2.10. The van der Waals surface area contributed by atoms with Gasteiger partial charge in [0.05, 0.1) is 0 Å². The Bertz CT molecular complexity index is 431. The van der Waals surface area contributed by atoms with E-state index in [1.807, 2.05) is 40.1 Å². The zero-order chi connectivity index (χ0) is 23.9. The van der Waals surface area contributed by atoms with Gasteiger partial charge in [-0.3, -0.25) is 4.98 Å². The molecule has 2 aliphatic rings. The number of anilines is 1. The van der Waals surface area contributed by atoms with E-state index in [9.17, 15) is 0 Å². The normalized spacial score (nSPS) is 19.9. The molecule has 1 aromatic rings. The van der Waals surface area contributed by atoms with Crippen molar-refractivity contribution in [3.8, 4) is 0 Å². The van der Waals surface area contributed by atoms with Crippen LogP contribution in [0.25, 0.3) is 0 Å². The first kappa shape index (κ1) is 32.0. The Morgan fingerprint density at radius 3 is 1.81 bits per heavy atom. The quantitative estimate of drug-likeness (QED) is 0.572. The Morgan fingerprint density at radius 2 is 1.45 bits per heavy atom. The molecule has 0 unspecified atom stereocenters. The Hall–Kier alpha value is -1.21. The van der Waals surface area contributed by atoms with Crippen molar-refractivity contribution in [2.75, 3.05) is 50.7 Å². The second kappa shape index (κ2) is 23.5. The van der Waals surface area contributed by atoms with E-state index >= 15 is 0 Å². The van der Waals surface area contributed by atoms with Crippen LogP contribution in [0.3, 0.4) is 0 Å². The number of hydrogen-bond acceptors (Lipinski definition) is 6. The fraction of sp³-hybridized carbons (Fsp3) is 0.800. The van der Waals surface area contributed by atoms with Crippen molar-refractivity contribution in [3.63, 3.8) is 0 Å². The van der Waals surface area contributed by atoms with Gasteiger partial charge in [0.25, 0.3) is 0 Å². The number of nitrogens with zero attached hydrogens (tertiary/aromatic N) is 2. The van der Waals surface area contributed by atoms with Crippen molar-refractivity contribution in [2.45, 2.75) is 86.9 Å². The average Bonchev–Trinajstić information content (AvgIpc) is 2.84. The maximum Gasteiger partial charge on any atom is 0.0397 e. The minimum atomic E-state index is 0.653. The molecule has 2 fully saturated rings. The van der Waals surface area contributed by atoms with E-state index in [-0.39, 0.29) is 0 Å². The fourth-order valence-corrected chi connectivity index (χ4v) is 2.81. The molecule has 6 nitrogen and oxygen atoms in total. The molecule has 31 heavy (non-hydrogen) atoms. The fourth-order valence-electron chi connectivity index (χ4n) is 2.81. The number of rotatable bonds is 4. The first-order valence-corrected chi connectivity index (χ1v) is 12.6. The van der Waals surface area contributed by atoms with Gasteiger partial charge in [-0.2, -0.15) is 0 Å². The third-order valence-corrected chi connectivity index (χ3v) is 4.49. The second-order valence-electron chi connectivity index (χ2n) is 7.67. The van der Waals surface area contributed by atoms with E-state index in [4.69, 9.17) is 0 Å². The second-order valence-corrected chi connectivity index (χ2v) is 7.67. The number of piperazine rings is 2. The SMILES string of the molecule is CC.CC.CCCNC(C)C.C[C@H]1CN[C@@H](C)CN1.c1cc(N2CCNCC2)ccn1. The van der Waals surface area contributed by atoms with E-state index < -0.39 is 0 Å². The van der Waals surface area contributed by atoms with Crippen molar-refractivity contribution in [3.05, 3.63) is 24.5 Å². The highest BCUT2D eigenvalue weighted by atomic mass is 15.2. The summed E-state index contributed by atoms with van der Waals surface area (Å²) in [5, 5.41) is 13.4. The summed E-state index contributed by atoms with van der Waals surface area (Å²) >= 11 is 0. The van der Waals surface area contributed by atoms with Crippen LogP contribution in [-0.2, 0) is 0 Å². The maximum absolute atomic E-state index is 4.00. The van der Waals surface area contributed by atoms with Crippen LogP contribution >= 0.6 is 0 Å². The molecular weight excluding hydrogens is 384 g/mol. The highest BCUT2D eigenvalue weighted by Crippen LogP contribution is 2.11. The van der Waals surface area contributed by atoms with Gasteiger partial charge in [-0.1, -0.05) is 48.5 Å². The molecule has 2 aliphatic heterocycles. The van der Waals surface area contributed by atoms with Crippen molar-refractivity contribution in [1.82, 2.24) is 26.3 Å². The average molecular weight is 439 g/mol. The highest BCUT2D eigenvalue weighted by molar-refractivity contribution is 5.44. The van der Waals surface area contributed by atoms with Gasteiger partial charge in [-0.15, -0.1) is 0 Å². The standard InChI is InChI=1S/C9H13N3.C6H14N2.C6H15N.2C2H6/c1-3-10-4-2-9(1)12-7-5-11-6-8-12;1-5-3-8-6(2)4-7-5;1-4-5-7-6(2)3;2*1-2/h1-4,11H,5-8H2;5-8H,3-4H2,1-2H3;6-7H,4-5H2,1-3H3;2*1-2H3/t;5-,6-;;;/m.0.../s1. The lowest BCUT2D eigenvalue weighted by Crippen LogP contribution is -2.51. The molecule has 4 N–H and O–H groups in total. The Kier molecular flexibility index (Phi) is 24.2. The van der Waals surface area contributed by atoms with Gasteiger partial charge in [0, 0.05) is 75.5 Å². The predicted molar refractivity (Wildman–Crippen MR) is 140 cm³/mol. The Morgan fingerprint density at radius 1 is 0.968 bits per heavy atom. The van der Waals surface area contributed by atoms with Crippen LogP contribution < -0.4 is 26.2 Å². The van der Waals surface area contributed by atoms with Crippen molar-refractivity contribution in [2.24, 2.45) is 0 Å². The first-order valence-electron chi connectivity index (χ1n) is 12.6. The topological polar surface area (TPSA) is 64.2 Å². The van der Waals surface area contributed by atoms with Crippen LogP contribution in [0.2, 0.25) is 0 Å². The summed E-state index contributed by atoms with van der Waals surface area (Å²) in [4.78, 5) is 6.37. The zero-order valence-corrected chi connectivity index (χ0v) is 22.1. The molecule has 2 atom stereocenters. The van der Waals surface area contributed by atoms with Gasteiger partial charge in [0.1, 0.15) is 0 Å². The molecule has 0 spiro atoms. The minimum Gasteiger partial charge on any atom is -0.369 e. The van der Waals surface area contributed by atoms with Crippen LogP contribution in [-0.4, -0.2) is 68.9 Å². The molecule has 3 rings (SSSR count). The lowest BCUT2D eigenvalue weighted by Gasteiger charge is -2.29. The van der Waals surface area contributed by atoms with Gasteiger partial charge in [0.2, 0.25) is 0 Å². The molecule has 0 aromatic carbocycles. The monoisotopic (exact) mass is 438 g/mol. The number of aromatic nitrogens is 1. The van der Waals surface area contributed by atoms with Crippen molar-refractivity contribution >= 4 is 5.69 Å². The van der Waals surface area contributed by atoms with Gasteiger partial charge in [0.15, 0.2) is 0 Å². The molecule has 184 valence electrons. The van der Waals surface area contributed by atoms with E-state index in [0.717, 1.165) is 45.8 Å². The number of hydrogen-bond donors (Lipinski definition) is 4. The van der Waals surface area contributed by atoms with E-state index in [1.165, 1.54) is 12.1 Å². The molecular formula is C25H54N6. The molecule has 6 heteroatoms. The van der Waals surface area contributed by atoms with Crippen LogP contribution in [0.1, 0.15) is 68.7 Å². The summed E-state index contributed by atoms with van der Waals surface area (Å²) in [6.07, 6.45) is 4.92. The van der Waals surface area contributed by atoms with Gasteiger partial charge < -0.3 is 26.2 Å². The number of nitrogens with one attached hydrogen (secondary N) is 4. The molecule has 0 saturated carbocycles. The van der Waals surface area contributed by atoms with Gasteiger partial charge in [-0.25, -0.2) is 0 Å². The summed E-state index contributed by atoms with van der Waals surface area (Å²) in [5.41, 5.74) is 1.28. The largest absolute Gasteiger partial charge is 0.369 e. The molecule has 0 amide bonds. The molecule has 0 bridgehead atoms. The lowest BCUT2D eigenvalue weighted by molar-refractivity contribution is 0.376. The summed E-state index contributed by atoms with van der Waals surface area (Å²) in [6.45, 7) is 26.6. The third-order valence-electron chi connectivity index (χ3n) is 4.49. The van der Waals surface area contributed by atoms with Crippen LogP contribution in [0.5, 0.6) is 0 Å². The Balaban J connectivity index is 0. The first-order chi connectivity index (χ1) is 15.0. The van der Waals surface area contributed by atoms with Crippen molar-refractivity contribution in [1.29, 1.82) is 0 Å². The summed E-state index contributed by atoms with van der Waals surface area (Å²) in [5.74, 6) is 0. The predicted octanol–water partition coefficient (Wildman–Crippen LogP) is 3.89. The smallest absolute Gasteiger partial charge is 0.0397 e. The van der Waals surface area contributed by atoms with E-state index in [0.29, 0.717) is 18.1 Å². The van der Waals surface area contributed by atoms with Crippen LogP contribution in [0.15, 0.2) is 24.5 Å². The molecule has 3 heterocycles. The molecule has 0 aliphatic carbocycles. The molecule has 0 radical (unpaired) electrons. The van der Waals surface area contributed by atoms with Crippen LogP contribution in [0.4, 0.5) is 5.69 Å². The van der Waals surface area contributed by atoms with E-state index in [2.05, 4.69) is 77.9 Å². The van der Waals surface area contributed by atoms with Crippen LogP contribution in [0, 0.1) is 0 Å². The van der Waals surface area contributed by atoms with Gasteiger partial charge in [-0.05, 0) is 38.9 Å². The summed E-state index contributed by atoms with van der Waals surface area (Å²) in [7, 11) is 0. The van der Waals surface area contributed by atoms with Gasteiger partial charge >= 0.3 is 0 Å². The maximum atomic E-state index is 4.00. The Labute approximate surface area is 194 Å². The summed E-state index contributed by atoms with van der Waals surface area (Å²) < 4.78 is 0. The summed E-state index contributed by atoms with van der Waals surface area (Å²) in [6, 6.07) is 6.09. The lowest BCUT2D eigenvalue weighted by atomic mass is 10.2. The molecule has 2 saturated heterocycles. The molecule has 1 aromatic heterocycles. The third kappa shape index (κ3) is 19.2. The minimum absolute atomic E-state index is 0.653.